The highest BCUT2D eigenvalue weighted by molar-refractivity contribution is 7.92. The SMILES string of the molecule is Cc1ccc(C(=O)O)cc1S(=O)(=O)Nc1ccc(CS(N)(=O)=O)cc1. The van der Waals surface area contributed by atoms with Crippen LogP contribution in [-0.4, -0.2) is 27.9 Å². The van der Waals surface area contributed by atoms with Gasteiger partial charge in [0.1, 0.15) is 0 Å². The number of sulfonamides is 2. The Labute approximate surface area is 145 Å². The van der Waals surface area contributed by atoms with Crippen molar-refractivity contribution in [3.63, 3.8) is 0 Å². The molecule has 2 rings (SSSR count). The Morgan fingerprint density at radius 1 is 1.08 bits per heavy atom. The molecular weight excluding hydrogens is 368 g/mol. The Hall–Kier alpha value is -2.43. The van der Waals surface area contributed by atoms with E-state index < -0.39 is 26.0 Å². The van der Waals surface area contributed by atoms with Gasteiger partial charge in [0.05, 0.1) is 16.2 Å². The first kappa shape index (κ1) is 18.9. The molecule has 0 aliphatic carbocycles. The minimum Gasteiger partial charge on any atom is -0.478 e. The van der Waals surface area contributed by atoms with Crippen LogP contribution in [0.15, 0.2) is 47.4 Å². The van der Waals surface area contributed by atoms with Crippen LogP contribution >= 0.6 is 0 Å². The van der Waals surface area contributed by atoms with Crippen molar-refractivity contribution in [1.29, 1.82) is 0 Å². The number of hydrogen-bond acceptors (Lipinski definition) is 5. The molecule has 0 aliphatic rings. The highest BCUT2D eigenvalue weighted by Gasteiger charge is 2.19. The molecule has 4 N–H and O–H groups in total. The summed E-state index contributed by atoms with van der Waals surface area (Å²) in [6.45, 7) is 1.55. The number of anilines is 1. The number of aromatic carboxylic acids is 1. The van der Waals surface area contributed by atoms with E-state index in [1.54, 1.807) is 6.92 Å². The van der Waals surface area contributed by atoms with Crippen LogP contribution in [0.1, 0.15) is 21.5 Å². The number of aryl methyl sites for hydroxylation is 1. The van der Waals surface area contributed by atoms with Crippen LogP contribution in [-0.2, 0) is 25.8 Å². The summed E-state index contributed by atoms with van der Waals surface area (Å²) in [5, 5.41) is 14.0. The maximum absolute atomic E-state index is 12.5. The lowest BCUT2D eigenvalue weighted by atomic mass is 10.1. The monoisotopic (exact) mass is 384 g/mol. The topological polar surface area (TPSA) is 144 Å². The fraction of sp³-hybridized carbons (Fsp3) is 0.133. The van der Waals surface area contributed by atoms with Crippen molar-refractivity contribution in [2.24, 2.45) is 5.14 Å². The summed E-state index contributed by atoms with van der Waals surface area (Å²) in [7, 11) is -7.69. The summed E-state index contributed by atoms with van der Waals surface area (Å²) in [6.07, 6.45) is 0. The smallest absolute Gasteiger partial charge is 0.335 e. The molecule has 0 unspecified atom stereocenters. The van der Waals surface area contributed by atoms with Crippen molar-refractivity contribution in [2.75, 3.05) is 4.72 Å². The van der Waals surface area contributed by atoms with Crippen LogP contribution in [0.4, 0.5) is 5.69 Å². The zero-order valence-corrected chi connectivity index (χ0v) is 14.8. The second kappa shape index (κ2) is 6.82. The molecule has 0 spiro atoms. The van der Waals surface area contributed by atoms with Crippen molar-refractivity contribution in [2.45, 2.75) is 17.6 Å². The van der Waals surface area contributed by atoms with Gasteiger partial charge in [-0.05, 0) is 42.3 Å². The molecule has 25 heavy (non-hydrogen) atoms. The number of nitrogens with one attached hydrogen (secondary N) is 1. The number of hydrogen-bond donors (Lipinski definition) is 3. The predicted octanol–water partition coefficient (Wildman–Crippen LogP) is 1.28. The second-order valence-electron chi connectivity index (χ2n) is 5.40. The molecule has 2 aromatic carbocycles. The van der Waals surface area contributed by atoms with Crippen molar-refractivity contribution < 1.29 is 26.7 Å². The number of carboxylic acids is 1. The van der Waals surface area contributed by atoms with Crippen molar-refractivity contribution in [1.82, 2.24) is 0 Å². The third kappa shape index (κ3) is 5.02. The van der Waals surface area contributed by atoms with E-state index in [0.29, 0.717) is 11.1 Å². The largest absolute Gasteiger partial charge is 0.478 e. The van der Waals surface area contributed by atoms with Crippen molar-refractivity contribution in [3.8, 4) is 0 Å². The fourth-order valence-electron chi connectivity index (χ4n) is 2.13. The van der Waals surface area contributed by atoms with Gasteiger partial charge in [-0.15, -0.1) is 0 Å². The average molecular weight is 384 g/mol. The number of benzene rings is 2. The maximum atomic E-state index is 12.5. The third-order valence-corrected chi connectivity index (χ3v) is 5.56. The number of rotatable bonds is 6. The molecule has 0 fully saturated rings. The molecule has 0 bridgehead atoms. The van der Waals surface area contributed by atoms with E-state index in [9.17, 15) is 21.6 Å². The van der Waals surface area contributed by atoms with Crippen LogP contribution in [0.3, 0.4) is 0 Å². The molecule has 0 saturated carbocycles. The van der Waals surface area contributed by atoms with E-state index in [0.717, 1.165) is 6.07 Å². The summed E-state index contributed by atoms with van der Waals surface area (Å²) >= 11 is 0. The summed E-state index contributed by atoms with van der Waals surface area (Å²) < 4.78 is 49.4. The van der Waals surface area contributed by atoms with Gasteiger partial charge < -0.3 is 5.11 Å². The molecule has 134 valence electrons. The van der Waals surface area contributed by atoms with Gasteiger partial charge in [-0.25, -0.2) is 26.8 Å². The van der Waals surface area contributed by atoms with E-state index in [4.69, 9.17) is 10.2 Å². The Bertz CT molecular complexity index is 1010. The second-order valence-corrected chi connectivity index (χ2v) is 8.66. The molecule has 8 nitrogen and oxygen atoms in total. The Morgan fingerprint density at radius 3 is 2.20 bits per heavy atom. The van der Waals surface area contributed by atoms with Crippen molar-refractivity contribution in [3.05, 3.63) is 59.2 Å². The van der Waals surface area contributed by atoms with E-state index in [2.05, 4.69) is 4.72 Å². The van der Waals surface area contributed by atoms with Crippen LogP contribution < -0.4 is 9.86 Å². The molecule has 0 amide bonds. The van der Waals surface area contributed by atoms with E-state index in [1.807, 2.05) is 0 Å². The third-order valence-electron chi connectivity index (χ3n) is 3.30. The lowest BCUT2D eigenvalue weighted by Crippen LogP contribution is -2.16. The van der Waals surface area contributed by atoms with E-state index in [1.165, 1.54) is 36.4 Å². The van der Waals surface area contributed by atoms with Gasteiger partial charge in [0.25, 0.3) is 10.0 Å². The zero-order chi connectivity index (χ0) is 18.8. The normalized spacial score (nSPS) is 11.9. The lowest BCUT2D eigenvalue weighted by Gasteiger charge is -2.11. The van der Waals surface area contributed by atoms with Gasteiger partial charge >= 0.3 is 5.97 Å². The summed E-state index contributed by atoms with van der Waals surface area (Å²) in [5.41, 5.74) is 0.866. The predicted molar refractivity (Wildman–Crippen MR) is 92.2 cm³/mol. The minimum atomic E-state index is -4.00. The molecule has 10 heteroatoms. The lowest BCUT2D eigenvalue weighted by molar-refractivity contribution is 0.0696. The van der Waals surface area contributed by atoms with Gasteiger partial charge in [0.2, 0.25) is 10.0 Å². The maximum Gasteiger partial charge on any atom is 0.335 e. The minimum absolute atomic E-state index is 0.144. The van der Waals surface area contributed by atoms with Crippen LogP contribution in [0.25, 0.3) is 0 Å². The number of primary sulfonamides is 1. The van der Waals surface area contributed by atoms with Gasteiger partial charge in [-0.1, -0.05) is 18.2 Å². The van der Waals surface area contributed by atoms with Gasteiger partial charge in [-0.2, -0.15) is 0 Å². The molecule has 0 radical (unpaired) electrons. The van der Waals surface area contributed by atoms with Gasteiger partial charge in [0.15, 0.2) is 0 Å². The van der Waals surface area contributed by atoms with E-state index in [-0.39, 0.29) is 21.9 Å². The number of carboxylic acid groups (broad SMARTS) is 1. The Kier molecular flexibility index (Phi) is 5.16. The molecule has 2 aromatic rings. The summed E-state index contributed by atoms with van der Waals surface area (Å²) in [4.78, 5) is 10.9. The molecule has 0 aromatic heterocycles. The number of carbonyl (C=O) groups is 1. The first-order valence-corrected chi connectivity index (χ1v) is 10.1. The fourth-order valence-corrected chi connectivity index (χ4v) is 4.12. The number of nitrogens with two attached hydrogens (primary N) is 1. The molecule has 0 saturated heterocycles. The quantitative estimate of drug-likeness (QED) is 0.684. The highest BCUT2D eigenvalue weighted by Crippen LogP contribution is 2.21. The van der Waals surface area contributed by atoms with E-state index >= 15 is 0 Å². The molecule has 0 aliphatic heterocycles. The van der Waals surface area contributed by atoms with Crippen LogP contribution in [0, 0.1) is 6.92 Å². The van der Waals surface area contributed by atoms with Crippen LogP contribution in [0.5, 0.6) is 0 Å². The highest BCUT2D eigenvalue weighted by atomic mass is 32.2. The first-order valence-electron chi connectivity index (χ1n) is 6.94. The van der Waals surface area contributed by atoms with Crippen LogP contribution in [0.2, 0.25) is 0 Å². The van der Waals surface area contributed by atoms with Crippen molar-refractivity contribution >= 4 is 31.7 Å². The molecule has 0 heterocycles. The van der Waals surface area contributed by atoms with Gasteiger partial charge in [-0.3, -0.25) is 4.72 Å². The Balaban J connectivity index is 2.30. The summed E-state index contributed by atoms with van der Waals surface area (Å²) in [6, 6.07) is 9.47. The Morgan fingerprint density at radius 2 is 1.68 bits per heavy atom. The molecule has 0 atom stereocenters. The summed E-state index contributed by atoms with van der Waals surface area (Å²) in [5.74, 6) is -1.59. The molecular formula is C15H16N2O6S2. The van der Waals surface area contributed by atoms with Gasteiger partial charge in [0, 0.05) is 5.69 Å². The standard InChI is InChI=1S/C15H16N2O6S2/c1-10-2-5-12(15(18)19)8-14(10)25(22,23)17-13-6-3-11(4-7-13)9-24(16,20)21/h2-8,17H,9H2,1H3,(H,18,19)(H2,16,20,21). The first-order chi connectivity index (χ1) is 11.5. The average Bonchev–Trinajstić information content (AvgIpc) is 2.47. The zero-order valence-electron chi connectivity index (χ0n) is 13.1.